The van der Waals surface area contributed by atoms with E-state index in [-0.39, 0.29) is 47.4 Å². The van der Waals surface area contributed by atoms with Crippen LogP contribution >= 0.6 is 0 Å². The van der Waals surface area contributed by atoms with Gasteiger partial charge in [0.2, 0.25) is 0 Å². The molecule has 0 aromatic rings. The molecule has 0 saturated carbocycles. The van der Waals surface area contributed by atoms with E-state index in [4.69, 9.17) is 5.90 Å². The van der Waals surface area contributed by atoms with E-state index in [1.165, 1.54) is 0 Å². The van der Waals surface area contributed by atoms with Crippen LogP contribution in [0.15, 0.2) is 0 Å². The summed E-state index contributed by atoms with van der Waals surface area (Å²) in [6.07, 6.45) is 7.14. The van der Waals surface area contributed by atoms with Gasteiger partial charge in [0, 0.05) is 5.97 Å². The molecule has 5 nitrogen and oxygen atoms in total. The molecule has 0 fully saturated rings. The summed E-state index contributed by atoms with van der Waals surface area (Å²) in [4.78, 5) is 25.5. The molecule has 0 unspecified atom stereocenters. The second-order valence-electron chi connectivity index (χ2n) is 5.30. The third-order valence-corrected chi connectivity index (χ3v) is 3.33. The zero-order chi connectivity index (χ0) is 16.7. The number of nitrogens with two attached hydrogens (primary N) is 1. The van der Waals surface area contributed by atoms with Crippen molar-refractivity contribution in [1.29, 1.82) is 0 Å². The maximum Gasteiger partial charge on any atom is 1.00 e. The largest absolute Gasteiger partial charge is 1.00 e. The van der Waals surface area contributed by atoms with Crippen molar-refractivity contribution in [2.75, 3.05) is 0 Å². The zero-order valence-corrected chi connectivity index (χ0v) is 17.0. The molecule has 0 rings (SSSR count). The maximum absolute atomic E-state index is 10.9. The Balaban J connectivity index is -0.000000315. The van der Waals surface area contributed by atoms with Crippen LogP contribution < -0.4 is 40.6 Å². The Labute approximate surface area is 157 Å². The average Bonchev–Trinajstić information content (AvgIpc) is 2.46. The number of hydrogen-bond donors (Lipinski definition) is 1. The molecule has 0 spiro atoms. The van der Waals surface area contributed by atoms with Crippen molar-refractivity contribution in [3.63, 3.8) is 0 Å². The molecule has 0 radical (unpaired) electrons. The summed E-state index contributed by atoms with van der Waals surface area (Å²) >= 11 is 0. The fourth-order valence-electron chi connectivity index (χ4n) is 2.25. The van der Waals surface area contributed by atoms with Gasteiger partial charge in [0.1, 0.15) is 0 Å². The van der Waals surface area contributed by atoms with Gasteiger partial charge in [-0.25, -0.2) is 0 Å². The number of carboxylic acids is 1. The normalized spacial score (nSPS) is 9.77. The first kappa shape index (κ1) is 26.8. The summed E-state index contributed by atoms with van der Waals surface area (Å²) in [7, 11) is 0. The fourth-order valence-corrected chi connectivity index (χ4v) is 2.25. The van der Waals surface area contributed by atoms with Crippen LogP contribution in [0.3, 0.4) is 0 Å². The first-order valence-electron chi connectivity index (χ1n) is 8.09. The second-order valence-corrected chi connectivity index (χ2v) is 5.30. The van der Waals surface area contributed by atoms with Crippen LogP contribution in [0.2, 0.25) is 0 Å². The molecule has 0 heterocycles. The molecule has 0 atom stereocenters. The number of carbonyl (C=O) groups is 2. The van der Waals surface area contributed by atoms with Crippen LogP contribution in [0.4, 0.5) is 0 Å². The Morgan fingerprint density at radius 3 is 1.41 bits per heavy atom. The Morgan fingerprint density at radius 1 is 0.864 bits per heavy atom. The third-order valence-electron chi connectivity index (χ3n) is 3.33. The molecule has 126 valence electrons. The number of aliphatic carboxylic acids is 1. The maximum atomic E-state index is 10.9. The molecule has 0 aliphatic carbocycles. The third kappa shape index (κ3) is 14.8. The predicted molar refractivity (Wildman–Crippen MR) is 81.9 cm³/mol. The first-order valence-corrected chi connectivity index (χ1v) is 8.09. The van der Waals surface area contributed by atoms with Crippen LogP contribution in [0.25, 0.3) is 0 Å². The second kappa shape index (κ2) is 18.9. The summed E-state index contributed by atoms with van der Waals surface area (Å²) in [5.41, 5.74) is 0. The van der Waals surface area contributed by atoms with E-state index in [1.807, 2.05) is 27.7 Å². The number of rotatable bonds is 10. The Bertz CT molecular complexity index is 263. The molecule has 0 aromatic carbocycles. The number of hydrogen-bond acceptors (Lipinski definition) is 5. The monoisotopic (exact) mass is 325 g/mol. The van der Waals surface area contributed by atoms with E-state index >= 15 is 0 Å². The molecule has 0 amide bonds. The molecule has 6 heteroatoms. The van der Waals surface area contributed by atoms with Crippen LogP contribution in [-0.4, -0.2) is 11.9 Å². The van der Waals surface area contributed by atoms with Crippen molar-refractivity contribution in [3.05, 3.63) is 0 Å². The molecule has 22 heavy (non-hydrogen) atoms. The van der Waals surface area contributed by atoms with Crippen LogP contribution in [0.1, 0.15) is 79.1 Å². The van der Waals surface area contributed by atoms with Gasteiger partial charge < -0.3 is 14.7 Å². The minimum Gasteiger partial charge on any atom is -0.550 e. The van der Waals surface area contributed by atoms with Crippen molar-refractivity contribution in [2.24, 2.45) is 17.7 Å². The van der Waals surface area contributed by atoms with Gasteiger partial charge in [-0.15, -0.1) is 0 Å². The molecule has 0 aliphatic heterocycles. The minimum absolute atomic E-state index is 0. The molecule has 0 saturated heterocycles. The predicted octanol–water partition coefficient (Wildman–Crippen LogP) is -0.424. The number of carboxylic acid groups (broad SMARTS) is 1. The molecular formula is C16H32NNaO4. The summed E-state index contributed by atoms with van der Waals surface area (Å²) < 4.78 is 0. The Hall–Kier alpha value is -0.100. The first-order chi connectivity index (χ1) is 9.98. The minimum atomic E-state index is -0.885. The van der Waals surface area contributed by atoms with Gasteiger partial charge in [-0.3, -0.25) is 4.79 Å². The van der Waals surface area contributed by atoms with Crippen LogP contribution in [-0.2, 0) is 14.4 Å². The van der Waals surface area contributed by atoms with E-state index in [0.717, 1.165) is 51.4 Å². The summed E-state index contributed by atoms with van der Waals surface area (Å²) in [6, 6.07) is 0. The molecule has 0 aliphatic rings. The van der Waals surface area contributed by atoms with Crippen molar-refractivity contribution in [3.8, 4) is 0 Å². The van der Waals surface area contributed by atoms with Crippen molar-refractivity contribution < 1.29 is 49.1 Å². The summed E-state index contributed by atoms with van der Waals surface area (Å²) in [5.74, 6) is 3.43. The van der Waals surface area contributed by atoms with E-state index in [1.54, 1.807) is 0 Å². The smallest absolute Gasteiger partial charge is 0.550 e. The van der Waals surface area contributed by atoms with E-state index < -0.39 is 5.97 Å². The van der Waals surface area contributed by atoms with E-state index in [2.05, 4.69) is 4.84 Å². The van der Waals surface area contributed by atoms with Crippen LogP contribution in [0, 0.1) is 11.8 Å². The topological polar surface area (TPSA) is 92.5 Å². The van der Waals surface area contributed by atoms with E-state index in [0.29, 0.717) is 0 Å². The van der Waals surface area contributed by atoms with Gasteiger partial charge in [0.05, 0.1) is 5.92 Å². The quantitative estimate of drug-likeness (QED) is 0.435. The van der Waals surface area contributed by atoms with Crippen molar-refractivity contribution >= 4 is 11.9 Å². The van der Waals surface area contributed by atoms with Crippen molar-refractivity contribution in [1.82, 2.24) is 0 Å². The standard InChI is InChI=1S/C8H17NO2.C8H16O2.Na/c1-3-5-7(6-4-2)8(10)11-9;1-3-5-7(6-4-2)8(9)10;/h7H,3-6,9H2,1-2H3;7H,3-6H2,1-2H3,(H,9,10);/q;;+1/p-1. The fraction of sp³-hybridized carbons (Fsp3) is 0.875. The Morgan fingerprint density at radius 2 is 1.18 bits per heavy atom. The van der Waals surface area contributed by atoms with Gasteiger partial charge in [0.25, 0.3) is 0 Å². The SMILES string of the molecule is CCCC(CCC)C(=O)ON.CCCC(CCC)C(=O)[O-].[Na+]. The van der Waals surface area contributed by atoms with Gasteiger partial charge in [-0.05, 0) is 31.6 Å². The van der Waals surface area contributed by atoms with Gasteiger partial charge >= 0.3 is 35.5 Å². The zero-order valence-electron chi connectivity index (χ0n) is 15.0. The van der Waals surface area contributed by atoms with Crippen molar-refractivity contribution in [2.45, 2.75) is 79.1 Å². The average molecular weight is 325 g/mol. The molecule has 0 bridgehead atoms. The summed E-state index contributed by atoms with van der Waals surface area (Å²) in [6.45, 7) is 8.08. The van der Waals surface area contributed by atoms with E-state index in [9.17, 15) is 14.7 Å². The molecular weight excluding hydrogens is 293 g/mol. The van der Waals surface area contributed by atoms with Crippen LogP contribution in [0.5, 0.6) is 0 Å². The Kier molecular flexibility index (Phi) is 23.1. The summed E-state index contributed by atoms with van der Waals surface area (Å²) in [5, 5.41) is 10.4. The molecule has 0 aromatic heterocycles. The number of carbonyl (C=O) groups excluding carboxylic acids is 2. The van der Waals surface area contributed by atoms with Gasteiger partial charge in [-0.1, -0.05) is 53.4 Å². The molecule has 2 N–H and O–H groups in total. The van der Waals surface area contributed by atoms with Gasteiger partial charge in [-0.2, -0.15) is 5.90 Å². The van der Waals surface area contributed by atoms with Gasteiger partial charge in [0.15, 0.2) is 0 Å².